The lowest BCUT2D eigenvalue weighted by atomic mass is 9.82. The summed E-state index contributed by atoms with van der Waals surface area (Å²) in [4.78, 5) is 39.8. The van der Waals surface area contributed by atoms with Crippen molar-refractivity contribution in [3.8, 4) is 0 Å². The summed E-state index contributed by atoms with van der Waals surface area (Å²) in [6.45, 7) is 4.77. The van der Waals surface area contributed by atoms with Gasteiger partial charge in [-0.3, -0.25) is 14.4 Å². The Balaban J connectivity index is 1.82. The molecule has 3 amide bonds. The van der Waals surface area contributed by atoms with E-state index in [2.05, 4.69) is 10.6 Å². The van der Waals surface area contributed by atoms with E-state index < -0.39 is 41.7 Å². The highest BCUT2D eigenvalue weighted by Crippen LogP contribution is 2.31. The smallest absolute Gasteiger partial charge is 0.380 e. The number of likely N-dealkylation sites (tertiary alicyclic amines) is 1. The Morgan fingerprint density at radius 1 is 1.03 bits per heavy atom. The molecule has 206 valence electrons. The minimum Gasteiger partial charge on any atom is -0.380 e. The van der Waals surface area contributed by atoms with Crippen LogP contribution in [0.15, 0.2) is 42.5 Å². The number of anilines is 1. The van der Waals surface area contributed by atoms with Crippen LogP contribution < -0.4 is 10.6 Å². The number of nitrogens with one attached hydrogen (secondary N) is 2. The molecule has 2 N–H and O–H groups in total. The summed E-state index contributed by atoms with van der Waals surface area (Å²) in [5.41, 5.74) is 0.00524. The molecule has 11 heteroatoms. The average Bonchev–Trinajstić information content (AvgIpc) is 3.36. The minimum atomic E-state index is -4.76. The van der Waals surface area contributed by atoms with Crippen LogP contribution in [0.2, 0.25) is 0 Å². The molecule has 1 aliphatic heterocycles. The highest BCUT2D eigenvalue weighted by Gasteiger charge is 2.37. The molecule has 38 heavy (non-hydrogen) atoms. The van der Waals surface area contributed by atoms with Gasteiger partial charge < -0.3 is 20.3 Å². The lowest BCUT2D eigenvalue weighted by Gasteiger charge is -2.30. The summed E-state index contributed by atoms with van der Waals surface area (Å²) in [6.07, 6.45) is -4.73. The predicted octanol–water partition coefficient (Wildman–Crippen LogP) is 4.62. The van der Waals surface area contributed by atoms with Gasteiger partial charge in [0.05, 0.1) is 12.0 Å². The van der Waals surface area contributed by atoms with E-state index in [-0.39, 0.29) is 29.3 Å². The normalized spacial score (nSPS) is 14.8. The van der Waals surface area contributed by atoms with Gasteiger partial charge in [0.2, 0.25) is 11.8 Å². The summed E-state index contributed by atoms with van der Waals surface area (Å²) < 4.78 is 58.4. The molecule has 0 bridgehead atoms. The van der Waals surface area contributed by atoms with E-state index in [0.717, 1.165) is 24.5 Å². The molecule has 0 aliphatic carbocycles. The largest absolute Gasteiger partial charge is 0.397 e. The molecule has 0 radical (unpaired) electrons. The third-order valence-corrected chi connectivity index (χ3v) is 6.39. The van der Waals surface area contributed by atoms with Crippen molar-refractivity contribution >= 4 is 23.4 Å². The van der Waals surface area contributed by atoms with E-state index in [9.17, 15) is 27.6 Å². The fourth-order valence-corrected chi connectivity index (χ4v) is 4.41. The molecule has 3 rings (SSSR count). The molecule has 1 aliphatic rings. The fourth-order valence-electron chi connectivity index (χ4n) is 4.41. The zero-order valence-corrected chi connectivity index (χ0v) is 21.5. The summed E-state index contributed by atoms with van der Waals surface area (Å²) in [5.74, 6) is -3.17. The third kappa shape index (κ3) is 7.31. The molecular formula is C27H31F4N3O4. The average molecular weight is 538 g/mol. The van der Waals surface area contributed by atoms with E-state index in [1.807, 2.05) is 0 Å². The van der Waals surface area contributed by atoms with Crippen LogP contribution >= 0.6 is 0 Å². The number of hydrogen-bond donors (Lipinski definition) is 2. The highest BCUT2D eigenvalue weighted by molar-refractivity contribution is 5.98. The molecule has 1 fully saturated rings. The number of methoxy groups -OCH3 is 1. The third-order valence-electron chi connectivity index (χ3n) is 6.39. The number of rotatable bonds is 9. The van der Waals surface area contributed by atoms with Crippen LogP contribution in [-0.4, -0.2) is 49.0 Å². The van der Waals surface area contributed by atoms with Crippen molar-refractivity contribution in [2.45, 2.75) is 57.3 Å². The number of ether oxygens (including phenoxy) is 1. The molecule has 0 aromatic heterocycles. The van der Waals surface area contributed by atoms with Crippen LogP contribution in [0.5, 0.6) is 0 Å². The Morgan fingerprint density at radius 3 is 2.21 bits per heavy atom. The van der Waals surface area contributed by atoms with Crippen molar-refractivity contribution in [1.29, 1.82) is 0 Å². The first kappa shape index (κ1) is 29.1. The molecule has 1 heterocycles. The second kappa shape index (κ2) is 11.9. The van der Waals surface area contributed by atoms with Gasteiger partial charge in [-0.2, -0.15) is 13.2 Å². The number of carbonyl (C=O) groups is 3. The first-order valence-corrected chi connectivity index (χ1v) is 12.2. The van der Waals surface area contributed by atoms with Gasteiger partial charge in [0.1, 0.15) is 18.3 Å². The number of alkyl halides is 3. The van der Waals surface area contributed by atoms with Gasteiger partial charge in [0.25, 0.3) is 5.91 Å². The van der Waals surface area contributed by atoms with Gasteiger partial charge in [0, 0.05) is 31.5 Å². The lowest BCUT2D eigenvalue weighted by Crippen LogP contribution is -2.42. The molecule has 0 saturated carbocycles. The maximum atomic E-state index is 15.2. The number of halogens is 4. The first-order chi connectivity index (χ1) is 17.8. The zero-order valence-electron chi connectivity index (χ0n) is 21.5. The Bertz CT molecular complexity index is 1160. The van der Waals surface area contributed by atoms with Crippen molar-refractivity contribution in [1.82, 2.24) is 10.2 Å². The molecule has 1 saturated heterocycles. The topological polar surface area (TPSA) is 87.7 Å². The van der Waals surface area contributed by atoms with E-state index in [4.69, 9.17) is 4.74 Å². The maximum Gasteiger partial charge on any atom is 0.397 e. The van der Waals surface area contributed by atoms with E-state index in [1.165, 1.54) is 31.4 Å². The van der Waals surface area contributed by atoms with E-state index in [1.54, 1.807) is 30.9 Å². The van der Waals surface area contributed by atoms with Crippen molar-refractivity contribution < 1.29 is 36.7 Å². The van der Waals surface area contributed by atoms with Crippen LogP contribution in [0.4, 0.5) is 23.2 Å². The Kier molecular flexibility index (Phi) is 9.14. The standard InChI is InChI=1S/C27H31F4N3O4/c1-26(2,25(37)34-12-4-5-13-34)20-11-10-19(14-21(20)28)32-24(36)23(33-22(35)15-27(29,30)31)18-8-6-17(7-9-18)16-38-3/h6-11,14,23H,4-5,12-13,15-16H2,1-3H3,(H,32,36)(H,33,35). The predicted molar refractivity (Wildman–Crippen MR) is 133 cm³/mol. The molecule has 0 spiro atoms. The van der Waals surface area contributed by atoms with Gasteiger partial charge in [-0.25, -0.2) is 4.39 Å². The van der Waals surface area contributed by atoms with Gasteiger partial charge >= 0.3 is 6.18 Å². The Morgan fingerprint density at radius 2 is 1.66 bits per heavy atom. The number of carbonyl (C=O) groups excluding carboxylic acids is 3. The van der Waals surface area contributed by atoms with Gasteiger partial charge in [0.15, 0.2) is 0 Å². The SMILES string of the molecule is COCc1ccc(C(NC(=O)CC(F)(F)F)C(=O)Nc2ccc(C(C)(C)C(=O)N3CCCC3)c(F)c2)cc1. The summed E-state index contributed by atoms with van der Waals surface area (Å²) in [7, 11) is 1.50. The van der Waals surface area contributed by atoms with Crippen molar-refractivity contribution in [3.63, 3.8) is 0 Å². The quantitative estimate of drug-likeness (QED) is 0.457. The number of hydrogen-bond acceptors (Lipinski definition) is 4. The molecule has 1 atom stereocenters. The molecule has 7 nitrogen and oxygen atoms in total. The van der Waals surface area contributed by atoms with Crippen LogP contribution in [-0.2, 0) is 31.1 Å². The van der Waals surface area contributed by atoms with Crippen LogP contribution in [0.3, 0.4) is 0 Å². The maximum absolute atomic E-state index is 15.2. The number of amides is 3. The molecule has 2 aromatic rings. The zero-order chi connectivity index (χ0) is 28.1. The van der Waals surface area contributed by atoms with Gasteiger partial charge in [-0.1, -0.05) is 30.3 Å². The van der Waals surface area contributed by atoms with E-state index >= 15 is 4.39 Å². The fraction of sp³-hybridized carbons (Fsp3) is 0.444. The van der Waals surface area contributed by atoms with E-state index in [0.29, 0.717) is 13.1 Å². The van der Waals surface area contributed by atoms with Crippen LogP contribution in [0.1, 0.15) is 55.8 Å². The molecule has 2 aromatic carbocycles. The lowest BCUT2D eigenvalue weighted by molar-refractivity contribution is -0.155. The number of nitrogens with zero attached hydrogens (tertiary/aromatic N) is 1. The summed E-state index contributed by atoms with van der Waals surface area (Å²) in [5, 5.41) is 4.57. The highest BCUT2D eigenvalue weighted by atomic mass is 19.4. The summed E-state index contributed by atoms with van der Waals surface area (Å²) >= 11 is 0. The number of benzene rings is 2. The molecular weight excluding hydrogens is 506 g/mol. The summed E-state index contributed by atoms with van der Waals surface area (Å²) in [6, 6.07) is 8.58. The first-order valence-electron chi connectivity index (χ1n) is 12.2. The second-order valence-electron chi connectivity index (χ2n) is 9.78. The van der Waals surface area contributed by atoms with Crippen molar-refractivity contribution in [3.05, 3.63) is 65.0 Å². The molecule has 1 unspecified atom stereocenters. The van der Waals surface area contributed by atoms with Gasteiger partial charge in [-0.15, -0.1) is 0 Å². The minimum absolute atomic E-state index is 0.0201. The monoisotopic (exact) mass is 537 g/mol. The van der Waals surface area contributed by atoms with Gasteiger partial charge in [-0.05, 0) is 49.9 Å². The van der Waals surface area contributed by atoms with Crippen molar-refractivity contribution in [2.75, 3.05) is 25.5 Å². The Hall–Kier alpha value is -3.47. The second-order valence-corrected chi connectivity index (χ2v) is 9.78. The van der Waals surface area contributed by atoms with Crippen LogP contribution in [0.25, 0.3) is 0 Å². The Labute approximate surface area is 218 Å². The van der Waals surface area contributed by atoms with Crippen molar-refractivity contribution in [2.24, 2.45) is 0 Å². The van der Waals surface area contributed by atoms with Crippen LogP contribution in [0, 0.1) is 5.82 Å².